The summed E-state index contributed by atoms with van der Waals surface area (Å²) in [6.45, 7) is 2.18. The predicted octanol–water partition coefficient (Wildman–Crippen LogP) is 0.900. The molecule has 2 fully saturated rings. The molecule has 3 amide bonds. The van der Waals surface area contributed by atoms with Gasteiger partial charge in [0.25, 0.3) is 5.91 Å². The molecule has 33 heavy (non-hydrogen) atoms. The average molecular weight is 478 g/mol. The van der Waals surface area contributed by atoms with Gasteiger partial charge in [-0.1, -0.05) is 0 Å². The number of nitrogens with one attached hydrogen (secondary N) is 1. The number of carbonyl (C=O) groups excluding carboxylic acids is 2. The highest BCUT2D eigenvalue weighted by molar-refractivity contribution is 6.01. The molecule has 2 aliphatic rings. The first-order chi connectivity index (χ1) is 15.4. The lowest BCUT2D eigenvalue weighted by Crippen LogP contribution is -2.68. The zero-order valence-corrected chi connectivity index (χ0v) is 17.9. The minimum Gasteiger partial charge on any atom is -0.482 e. The molecule has 0 aliphatic carbocycles. The van der Waals surface area contributed by atoms with Crippen molar-refractivity contribution in [2.24, 2.45) is 0 Å². The number of benzene rings is 1. The number of hydrogen-bond acceptors (Lipinski definition) is 7. The number of halogens is 4. The highest BCUT2D eigenvalue weighted by Crippen LogP contribution is 2.31. The molecule has 0 bridgehead atoms. The van der Waals surface area contributed by atoms with Crippen molar-refractivity contribution in [3.8, 4) is 5.75 Å². The summed E-state index contributed by atoms with van der Waals surface area (Å²) < 4.78 is 55.9. The first kappa shape index (κ1) is 25.0. The number of carbonyl (C=O) groups is 2. The van der Waals surface area contributed by atoms with Gasteiger partial charge in [0.1, 0.15) is 11.6 Å². The molecule has 0 aromatic heterocycles. The third-order valence-corrected chi connectivity index (χ3v) is 5.60. The van der Waals surface area contributed by atoms with E-state index in [0.29, 0.717) is 44.8 Å². The number of rotatable bonds is 7. The first-order valence-electron chi connectivity index (χ1n) is 10.4. The van der Waals surface area contributed by atoms with Crippen molar-refractivity contribution in [1.29, 1.82) is 0 Å². The number of alkyl halides is 3. The Morgan fingerprint density at radius 2 is 1.85 bits per heavy atom. The lowest BCUT2D eigenvalue weighted by molar-refractivity contribution is -0.165. The van der Waals surface area contributed by atoms with Crippen LogP contribution < -0.4 is 15.0 Å². The Bertz CT molecular complexity index is 875. The number of nitrogens with zero attached hydrogens (tertiary/aromatic N) is 3. The van der Waals surface area contributed by atoms with Gasteiger partial charge in [0.2, 0.25) is 0 Å². The second-order valence-electron chi connectivity index (χ2n) is 8.15. The number of aliphatic hydroxyl groups excluding tert-OH is 1. The molecule has 3 rings (SSSR count). The second kappa shape index (κ2) is 9.69. The normalized spacial score (nSPS) is 24.8. The van der Waals surface area contributed by atoms with Crippen molar-refractivity contribution in [3.05, 3.63) is 24.0 Å². The van der Waals surface area contributed by atoms with Gasteiger partial charge in [-0.05, 0) is 32.0 Å². The van der Waals surface area contributed by atoms with Crippen LogP contribution in [0.5, 0.6) is 5.75 Å². The third kappa shape index (κ3) is 6.03. The van der Waals surface area contributed by atoms with E-state index in [1.165, 1.54) is 6.07 Å². The van der Waals surface area contributed by atoms with Crippen LogP contribution in [0.4, 0.5) is 28.0 Å². The molecule has 0 spiro atoms. The fourth-order valence-electron chi connectivity index (χ4n) is 3.71. The molecule has 13 heteroatoms. The Morgan fingerprint density at radius 3 is 2.48 bits per heavy atom. The van der Waals surface area contributed by atoms with Crippen LogP contribution in [-0.2, 0) is 4.79 Å². The first-order valence-corrected chi connectivity index (χ1v) is 10.4. The molecule has 1 aromatic rings. The number of hydrogen-bond donors (Lipinski definition) is 3. The minimum atomic E-state index is -4.54. The van der Waals surface area contributed by atoms with Crippen LogP contribution in [0.15, 0.2) is 18.2 Å². The maximum atomic E-state index is 13.5. The van der Waals surface area contributed by atoms with Crippen LogP contribution in [0.25, 0.3) is 0 Å². The van der Waals surface area contributed by atoms with Gasteiger partial charge in [0.05, 0.1) is 5.69 Å². The SMILES string of the molecule is C[C@@]1(O)C(=O)N(CCCN2CCN(c3ccc(F)cc3OCC(F)(F)F)CC2)C(=O)N[C@H]1O. The molecule has 2 aliphatic heterocycles. The van der Waals surface area contributed by atoms with Gasteiger partial charge in [-0.15, -0.1) is 0 Å². The van der Waals surface area contributed by atoms with E-state index in [4.69, 9.17) is 4.74 Å². The monoisotopic (exact) mass is 478 g/mol. The number of piperazine rings is 1. The van der Waals surface area contributed by atoms with Gasteiger partial charge >= 0.3 is 12.2 Å². The summed E-state index contributed by atoms with van der Waals surface area (Å²) in [5.74, 6) is -1.76. The number of ether oxygens (including phenoxy) is 1. The summed E-state index contributed by atoms with van der Waals surface area (Å²) in [5, 5.41) is 21.8. The number of urea groups is 1. The van der Waals surface area contributed by atoms with Crippen LogP contribution in [-0.4, -0.2) is 95.8 Å². The largest absolute Gasteiger partial charge is 0.482 e. The van der Waals surface area contributed by atoms with E-state index < -0.39 is 42.4 Å². The van der Waals surface area contributed by atoms with E-state index in [0.717, 1.165) is 24.0 Å². The van der Waals surface area contributed by atoms with Gasteiger partial charge in [0.15, 0.2) is 18.4 Å². The quantitative estimate of drug-likeness (QED) is 0.500. The Labute approximate surface area is 187 Å². The Balaban J connectivity index is 1.51. The predicted molar refractivity (Wildman–Crippen MR) is 108 cm³/mol. The maximum absolute atomic E-state index is 13.5. The number of aliphatic hydroxyl groups is 2. The van der Waals surface area contributed by atoms with Gasteiger partial charge in [0, 0.05) is 38.8 Å². The van der Waals surface area contributed by atoms with Crippen LogP contribution in [0.3, 0.4) is 0 Å². The fourth-order valence-corrected chi connectivity index (χ4v) is 3.71. The summed E-state index contributed by atoms with van der Waals surface area (Å²) in [7, 11) is 0. The Kier molecular flexibility index (Phi) is 7.34. The lowest BCUT2D eigenvalue weighted by Gasteiger charge is -2.39. The van der Waals surface area contributed by atoms with E-state index in [9.17, 15) is 37.4 Å². The second-order valence-corrected chi connectivity index (χ2v) is 8.15. The smallest absolute Gasteiger partial charge is 0.422 e. The van der Waals surface area contributed by atoms with Gasteiger partial charge < -0.3 is 25.2 Å². The van der Waals surface area contributed by atoms with Crippen LogP contribution in [0.2, 0.25) is 0 Å². The topological polar surface area (TPSA) is 106 Å². The molecular weight excluding hydrogens is 452 g/mol. The zero-order chi connectivity index (χ0) is 24.4. The molecule has 2 saturated heterocycles. The van der Waals surface area contributed by atoms with Crippen molar-refractivity contribution in [1.82, 2.24) is 15.1 Å². The summed E-state index contributed by atoms with van der Waals surface area (Å²) in [6, 6.07) is 2.69. The molecule has 2 heterocycles. The van der Waals surface area contributed by atoms with Gasteiger partial charge in [-0.25, -0.2) is 9.18 Å². The van der Waals surface area contributed by atoms with Crippen LogP contribution >= 0.6 is 0 Å². The van der Waals surface area contributed by atoms with E-state index in [1.54, 1.807) is 0 Å². The Hall–Kier alpha value is -2.64. The third-order valence-electron chi connectivity index (χ3n) is 5.60. The molecule has 9 nitrogen and oxygen atoms in total. The van der Waals surface area contributed by atoms with Crippen molar-refractivity contribution in [2.45, 2.75) is 31.3 Å². The van der Waals surface area contributed by atoms with Crippen molar-refractivity contribution in [2.75, 3.05) is 50.8 Å². The molecule has 0 unspecified atom stereocenters. The average Bonchev–Trinajstić information content (AvgIpc) is 2.74. The molecule has 3 N–H and O–H groups in total. The van der Waals surface area contributed by atoms with Crippen molar-refractivity contribution < 1.29 is 42.1 Å². The Morgan fingerprint density at radius 1 is 1.18 bits per heavy atom. The van der Waals surface area contributed by atoms with Crippen molar-refractivity contribution in [3.63, 3.8) is 0 Å². The molecule has 0 saturated carbocycles. The van der Waals surface area contributed by atoms with E-state index >= 15 is 0 Å². The molecular formula is C20H26F4N4O5. The van der Waals surface area contributed by atoms with E-state index in [1.807, 2.05) is 4.90 Å². The van der Waals surface area contributed by atoms with E-state index in [-0.39, 0.29) is 12.3 Å². The lowest BCUT2D eigenvalue weighted by atomic mass is 10.0. The number of amides is 3. The standard InChI is InChI=1S/C20H26F4N4O5/c1-19(32)16(29)25-18(31)28(17(19)30)6-2-5-26-7-9-27(10-8-26)14-4-3-13(21)11-15(14)33-12-20(22,23)24/h3-4,11,16,29,32H,2,5-10,12H2,1H3,(H,25,31)/t16-,19-/m0/s1. The maximum Gasteiger partial charge on any atom is 0.422 e. The van der Waals surface area contributed by atoms with Crippen molar-refractivity contribution >= 4 is 17.6 Å². The van der Waals surface area contributed by atoms with Gasteiger partial charge in [-0.2, -0.15) is 13.2 Å². The molecule has 2 atom stereocenters. The highest BCUT2D eigenvalue weighted by atomic mass is 19.4. The summed E-state index contributed by atoms with van der Waals surface area (Å²) in [4.78, 5) is 28.9. The van der Waals surface area contributed by atoms with Crippen LogP contribution in [0, 0.1) is 5.82 Å². The molecule has 1 aromatic carbocycles. The number of imide groups is 1. The fraction of sp³-hybridized carbons (Fsp3) is 0.600. The summed E-state index contributed by atoms with van der Waals surface area (Å²) in [6.07, 6.45) is -5.80. The summed E-state index contributed by atoms with van der Waals surface area (Å²) in [5.41, 5.74) is -1.74. The minimum absolute atomic E-state index is 0.0428. The van der Waals surface area contributed by atoms with Gasteiger partial charge in [-0.3, -0.25) is 14.6 Å². The number of anilines is 1. The van der Waals surface area contributed by atoms with Crippen LogP contribution in [0.1, 0.15) is 13.3 Å². The van der Waals surface area contributed by atoms with E-state index in [2.05, 4.69) is 10.2 Å². The highest BCUT2D eigenvalue weighted by Gasteiger charge is 2.48. The molecule has 184 valence electrons. The molecule has 0 radical (unpaired) electrons. The zero-order valence-electron chi connectivity index (χ0n) is 17.9. The summed E-state index contributed by atoms with van der Waals surface area (Å²) >= 11 is 0.